The molecule has 1 aliphatic rings. The van der Waals surface area contributed by atoms with Crippen LogP contribution in [0.4, 0.5) is 0 Å². The van der Waals surface area contributed by atoms with Crippen molar-refractivity contribution in [3.8, 4) is 5.75 Å². The number of hydrogen-bond acceptors (Lipinski definition) is 5. The van der Waals surface area contributed by atoms with Crippen LogP contribution in [0, 0.1) is 0 Å². The molecule has 1 aromatic carbocycles. The number of hydrogen-bond donors (Lipinski definition) is 1. The number of carbonyl (C=O) groups is 3. The van der Waals surface area contributed by atoms with Crippen LogP contribution in [0.15, 0.2) is 24.3 Å². The van der Waals surface area contributed by atoms with Crippen molar-refractivity contribution in [2.45, 2.75) is 58.2 Å². The molecule has 148 valence electrons. The van der Waals surface area contributed by atoms with E-state index in [9.17, 15) is 14.4 Å². The maximum atomic E-state index is 12.6. The van der Waals surface area contributed by atoms with Gasteiger partial charge in [0.05, 0.1) is 7.11 Å². The van der Waals surface area contributed by atoms with Gasteiger partial charge < -0.3 is 19.7 Å². The largest absolute Gasteiger partial charge is 0.497 e. The third kappa shape index (κ3) is 5.45. The predicted molar refractivity (Wildman–Crippen MR) is 101 cm³/mol. The van der Waals surface area contributed by atoms with Crippen LogP contribution in [0.25, 0.3) is 0 Å². The van der Waals surface area contributed by atoms with E-state index in [4.69, 9.17) is 9.47 Å². The standard InChI is InChI=1S/C20H28N2O5/c1-13-7-5-8-14(2)22(13)20(25)15(3)27-18(23)12-21-19(24)16-9-6-10-17(11-16)26-4/h6,9-11,13-15H,5,7-8,12H2,1-4H3,(H,21,24)/t13-,14-,15-/m1/s1. The Balaban J connectivity index is 1.85. The SMILES string of the molecule is COc1cccc(C(=O)NCC(=O)O[C@H](C)C(=O)N2[C@H](C)CCC[C@H]2C)c1. The topological polar surface area (TPSA) is 84.9 Å². The van der Waals surface area contributed by atoms with Crippen molar-refractivity contribution in [3.05, 3.63) is 29.8 Å². The monoisotopic (exact) mass is 376 g/mol. The number of piperidine rings is 1. The fourth-order valence-electron chi connectivity index (χ4n) is 3.37. The molecular formula is C20H28N2O5. The molecule has 0 bridgehead atoms. The van der Waals surface area contributed by atoms with E-state index in [1.807, 2.05) is 13.8 Å². The fraction of sp³-hybridized carbons (Fsp3) is 0.550. The van der Waals surface area contributed by atoms with Crippen LogP contribution in [-0.2, 0) is 14.3 Å². The molecule has 1 saturated heterocycles. The van der Waals surface area contributed by atoms with Crippen LogP contribution in [0.2, 0.25) is 0 Å². The number of nitrogens with zero attached hydrogens (tertiary/aromatic N) is 1. The van der Waals surface area contributed by atoms with E-state index < -0.39 is 18.0 Å². The number of amides is 2. The number of esters is 1. The zero-order valence-corrected chi connectivity index (χ0v) is 16.4. The minimum absolute atomic E-state index is 0.134. The van der Waals surface area contributed by atoms with Crippen molar-refractivity contribution in [3.63, 3.8) is 0 Å². The Hall–Kier alpha value is -2.57. The average Bonchev–Trinajstić information content (AvgIpc) is 2.65. The molecule has 7 nitrogen and oxygen atoms in total. The Bertz CT molecular complexity index is 681. The van der Waals surface area contributed by atoms with Gasteiger partial charge in [0, 0.05) is 17.6 Å². The van der Waals surface area contributed by atoms with Crippen molar-refractivity contribution in [1.82, 2.24) is 10.2 Å². The fourth-order valence-corrected chi connectivity index (χ4v) is 3.37. The summed E-state index contributed by atoms with van der Waals surface area (Å²) >= 11 is 0. The molecule has 0 aromatic heterocycles. The summed E-state index contributed by atoms with van der Waals surface area (Å²) in [4.78, 5) is 38.6. The van der Waals surface area contributed by atoms with E-state index in [2.05, 4.69) is 5.32 Å². The van der Waals surface area contributed by atoms with E-state index in [-0.39, 0.29) is 24.5 Å². The van der Waals surface area contributed by atoms with E-state index >= 15 is 0 Å². The van der Waals surface area contributed by atoms with Crippen LogP contribution < -0.4 is 10.1 Å². The number of nitrogens with one attached hydrogen (secondary N) is 1. The number of benzene rings is 1. The van der Waals surface area contributed by atoms with E-state index in [1.54, 1.807) is 36.1 Å². The Labute approximate surface area is 160 Å². The van der Waals surface area contributed by atoms with Crippen LogP contribution >= 0.6 is 0 Å². The molecule has 1 aliphatic heterocycles. The Morgan fingerprint density at radius 1 is 1.22 bits per heavy atom. The van der Waals surface area contributed by atoms with E-state index in [0.717, 1.165) is 19.3 Å². The minimum Gasteiger partial charge on any atom is -0.497 e. The second-order valence-electron chi connectivity index (χ2n) is 6.92. The molecule has 0 spiro atoms. The van der Waals surface area contributed by atoms with Gasteiger partial charge >= 0.3 is 5.97 Å². The number of methoxy groups -OCH3 is 1. The summed E-state index contributed by atoms with van der Waals surface area (Å²) in [6.07, 6.45) is 2.12. The molecule has 2 rings (SSSR count). The van der Waals surface area contributed by atoms with Gasteiger partial charge in [0.1, 0.15) is 12.3 Å². The van der Waals surface area contributed by atoms with E-state index in [1.165, 1.54) is 7.11 Å². The van der Waals surface area contributed by atoms with Crippen LogP contribution in [0.1, 0.15) is 50.4 Å². The van der Waals surface area contributed by atoms with Crippen LogP contribution in [0.3, 0.4) is 0 Å². The van der Waals surface area contributed by atoms with Gasteiger partial charge in [-0.3, -0.25) is 14.4 Å². The summed E-state index contributed by atoms with van der Waals surface area (Å²) < 4.78 is 10.3. The first-order chi connectivity index (χ1) is 12.8. The molecule has 0 saturated carbocycles. The summed E-state index contributed by atoms with van der Waals surface area (Å²) in [6.45, 7) is 5.28. The third-order valence-corrected chi connectivity index (χ3v) is 4.83. The summed E-state index contributed by atoms with van der Waals surface area (Å²) in [5.41, 5.74) is 0.377. The van der Waals surface area contributed by atoms with Gasteiger partial charge in [0.2, 0.25) is 0 Å². The number of likely N-dealkylation sites (tertiary alicyclic amines) is 1. The number of rotatable bonds is 6. The summed E-state index contributed by atoms with van der Waals surface area (Å²) in [5.74, 6) is -0.705. The molecule has 27 heavy (non-hydrogen) atoms. The average molecular weight is 376 g/mol. The lowest BCUT2D eigenvalue weighted by atomic mass is 9.97. The van der Waals surface area contributed by atoms with Crippen molar-refractivity contribution >= 4 is 17.8 Å². The van der Waals surface area contributed by atoms with Crippen LogP contribution in [-0.4, -0.2) is 54.5 Å². The highest BCUT2D eigenvalue weighted by molar-refractivity contribution is 5.96. The molecule has 0 radical (unpaired) electrons. The first-order valence-corrected chi connectivity index (χ1v) is 9.27. The normalized spacial score (nSPS) is 20.5. The number of carbonyl (C=O) groups excluding carboxylic acids is 3. The molecule has 1 aromatic rings. The lowest BCUT2D eigenvalue weighted by Gasteiger charge is -2.40. The van der Waals surface area contributed by atoms with Crippen molar-refractivity contribution in [1.29, 1.82) is 0 Å². The molecule has 2 amide bonds. The lowest BCUT2D eigenvalue weighted by molar-refractivity contribution is -0.161. The van der Waals surface area contributed by atoms with Gasteiger partial charge in [-0.05, 0) is 58.2 Å². The third-order valence-electron chi connectivity index (χ3n) is 4.83. The van der Waals surface area contributed by atoms with Crippen molar-refractivity contribution < 1.29 is 23.9 Å². The quantitative estimate of drug-likeness (QED) is 0.769. The summed E-state index contributed by atoms with van der Waals surface area (Å²) in [7, 11) is 1.51. The van der Waals surface area contributed by atoms with Gasteiger partial charge in [-0.25, -0.2) is 0 Å². The second kappa shape index (κ2) is 9.39. The zero-order valence-electron chi connectivity index (χ0n) is 16.4. The zero-order chi connectivity index (χ0) is 20.0. The first-order valence-electron chi connectivity index (χ1n) is 9.27. The second-order valence-corrected chi connectivity index (χ2v) is 6.92. The molecule has 0 aliphatic carbocycles. The highest BCUT2D eigenvalue weighted by atomic mass is 16.5. The van der Waals surface area contributed by atoms with E-state index in [0.29, 0.717) is 11.3 Å². The molecule has 1 N–H and O–H groups in total. The molecule has 7 heteroatoms. The smallest absolute Gasteiger partial charge is 0.326 e. The highest BCUT2D eigenvalue weighted by Gasteiger charge is 2.33. The Morgan fingerprint density at radius 2 is 1.89 bits per heavy atom. The molecule has 0 unspecified atom stereocenters. The van der Waals surface area contributed by atoms with Gasteiger partial charge in [-0.15, -0.1) is 0 Å². The molecular weight excluding hydrogens is 348 g/mol. The lowest BCUT2D eigenvalue weighted by Crippen LogP contribution is -2.51. The van der Waals surface area contributed by atoms with Crippen molar-refractivity contribution in [2.24, 2.45) is 0 Å². The first kappa shape index (κ1) is 20.7. The predicted octanol–water partition coefficient (Wildman–Crippen LogP) is 2.15. The van der Waals surface area contributed by atoms with Gasteiger partial charge in [0.15, 0.2) is 6.10 Å². The maximum Gasteiger partial charge on any atom is 0.326 e. The van der Waals surface area contributed by atoms with Crippen LogP contribution in [0.5, 0.6) is 5.75 Å². The highest BCUT2D eigenvalue weighted by Crippen LogP contribution is 2.23. The van der Waals surface area contributed by atoms with Crippen molar-refractivity contribution in [2.75, 3.05) is 13.7 Å². The molecule has 1 heterocycles. The molecule has 3 atom stereocenters. The minimum atomic E-state index is -0.880. The van der Waals surface area contributed by atoms with Gasteiger partial charge in [0.25, 0.3) is 11.8 Å². The summed E-state index contributed by atoms with van der Waals surface area (Å²) in [5, 5.41) is 2.50. The summed E-state index contributed by atoms with van der Waals surface area (Å²) in [6, 6.07) is 6.88. The number of ether oxygens (including phenoxy) is 2. The maximum absolute atomic E-state index is 12.6. The Morgan fingerprint density at radius 3 is 2.52 bits per heavy atom. The molecule has 1 fully saturated rings. The van der Waals surface area contributed by atoms with Gasteiger partial charge in [-0.2, -0.15) is 0 Å². The van der Waals surface area contributed by atoms with Gasteiger partial charge in [-0.1, -0.05) is 6.07 Å². The Kier molecular flexibility index (Phi) is 7.21.